The van der Waals surface area contributed by atoms with Gasteiger partial charge in [-0.05, 0) is 19.3 Å². The van der Waals surface area contributed by atoms with Crippen LogP contribution in [0.15, 0.2) is 0 Å². The van der Waals surface area contributed by atoms with E-state index in [1.165, 1.54) is 0 Å². The van der Waals surface area contributed by atoms with Crippen molar-refractivity contribution in [3.63, 3.8) is 0 Å². The number of hydrogen-bond acceptors (Lipinski definition) is 5. The third kappa shape index (κ3) is 7.49. The lowest BCUT2D eigenvalue weighted by atomic mass is 10.0. The summed E-state index contributed by atoms with van der Waals surface area (Å²) in [6, 6.07) is -0.0941. The van der Waals surface area contributed by atoms with Gasteiger partial charge in [0, 0.05) is 6.04 Å². The predicted molar refractivity (Wildman–Crippen MR) is 56.9 cm³/mol. The van der Waals surface area contributed by atoms with Crippen LogP contribution < -0.4 is 0 Å². The number of carbonyl (C=O) groups excluding carboxylic acids is 1. The van der Waals surface area contributed by atoms with E-state index < -0.39 is 8.80 Å². The van der Waals surface area contributed by atoms with Crippen LogP contribution in [-0.2, 0) is 9.53 Å². The number of carbonyl (C=O) groups is 1. The highest BCUT2D eigenvalue weighted by molar-refractivity contribution is 6.56. The normalized spacial score (nSPS) is 11.9. The second-order valence-corrected chi connectivity index (χ2v) is 5.61. The molecule has 0 rings (SSSR count). The summed E-state index contributed by atoms with van der Waals surface area (Å²) in [5, 5.41) is 0. The average molecular weight is 236 g/mol. The zero-order valence-electron chi connectivity index (χ0n) is 9.27. The van der Waals surface area contributed by atoms with Gasteiger partial charge < -0.3 is 19.1 Å². The molecule has 3 N–H and O–H groups in total. The van der Waals surface area contributed by atoms with Gasteiger partial charge in [-0.3, -0.25) is 4.79 Å². The summed E-state index contributed by atoms with van der Waals surface area (Å²) in [6.07, 6.45) is 1.77. The Balaban J connectivity index is 3.63. The number of rotatable bonds is 7. The third-order valence-corrected chi connectivity index (χ3v) is 3.24. The highest BCUT2D eigenvalue weighted by Crippen LogP contribution is 2.10. The van der Waals surface area contributed by atoms with Crippen molar-refractivity contribution in [2.75, 3.05) is 6.61 Å². The molecule has 0 radical (unpaired) electrons. The zero-order chi connectivity index (χ0) is 11.9. The molecular weight excluding hydrogens is 216 g/mol. The molecule has 0 unspecified atom stereocenters. The molecular formula is C9H20O5Si. The van der Waals surface area contributed by atoms with Gasteiger partial charge in [0.25, 0.3) is 0 Å². The second-order valence-electron chi connectivity index (χ2n) is 3.56. The Bertz CT molecular complexity index is 185. The van der Waals surface area contributed by atoms with Crippen molar-refractivity contribution in [2.24, 2.45) is 5.92 Å². The Morgan fingerprint density at radius 3 is 2.20 bits per heavy atom. The largest absolute Gasteiger partial charge is 0.492 e. The highest BCUT2D eigenvalue weighted by atomic mass is 28.4. The third-order valence-electron chi connectivity index (χ3n) is 2.22. The molecule has 0 atom stereocenters. The molecule has 0 aromatic carbocycles. The predicted octanol–water partition coefficient (Wildman–Crippen LogP) is 0.272. The highest BCUT2D eigenvalue weighted by Gasteiger charge is 2.26. The van der Waals surface area contributed by atoms with Gasteiger partial charge in [-0.15, -0.1) is 0 Å². The minimum absolute atomic E-state index is 0.0793. The fraction of sp³-hybridized carbons (Fsp3) is 0.889. The fourth-order valence-corrected chi connectivity index (χ4v) is 1.84. The van der Waals surface area contributed by atoms with Gasteiger partial charge >= 0.3 is 14.8 Å². The van der Waals surface area contributed by atoms with E-state index in [1.54, 1.807) is 0 Å². The summed E-state index contributed by atoms with van der Waals surface area (Å²) in [6.45, 7) is 3.97. The Morgan fingerprint density at radius 2 is 1.80 bits per heavy atom. The van der Waals surface area contributed by atoms with Gasteiger partial charge in [-0.25, -0.2) is 0 Å². The fourth-order valence-electron chi connectivity index (χ4n) is 1.22. The van der Waals surface area contributed by atoms with Crippen LogP contribution in [0, 0.1) is 5.92 Å². The minimum Gasteiger partial charge on any atom is -0.465 e. The molecule has 6 heteroatoms. The molecule has 0 fully saturated rings. The molecule has 0 bridgehead atoms. The second kappa shape index (κ2) is 6.94. The van der Waals surface area contributed by atoms with Crippen molar-refractivity contribution in [1.29, 1.82) is 0 Å². The summed E-state index contributed by atoms with van der Waals surface area (Å²) >= 11 is 0. The lowest BCUT2D eigenvalue weighted by Crippen LogP contribution is -2.34. The molecule has 15 heavy (non-hydrogen) atoms. The van der Waals surface area contributed by atoms with E-state index in [1.807, 2.05) is 13.8 Å². The van der Waals surface area contributed by atoms with Crippen LogP contribution >= 0.6 is 0 Å². The van der Waals surface area contributed by atoms with Crippen molar-refractivity contribution in [3.05, 3.63) is 0 Å². The molecule has 0 amide bonds. The molecule has 0 heterocycles. The standard InChI is InChI=1S/C9H20O5Si/c1-3-8(4-2)9(10)14-6-5-7-15(11,12)13/h8,11-13H,3-7H2,1-2H3. The van der Waals surface area contributed by atoms with Gasteiger partial charge in [0.05, 0.1) is 12.5 Å². The van der Waals surface area contributed by atoms with Gasteiger partial charge in [0.15, 0.2) is 0 Å². The number of ether oxygens (including phenoxy) is 1. The summed E-state index contributed by atoms with van der Waals surface area (Å²) in [4.78, 5) is 37.4. The molecule has 0 aliphatic carbocycles. The van der Waals surface area contributed by atoms with Gasteiger partial charge in [0.1, 0.15) is 0 Å². The van der Waals surface area contributed by atoms with E-state index in [0.29, 0.717) is 0 Å². The van der Waals surface area contributed by atoms with E-state index in [0.717, 1.165) is 12.8 Å². The molecule has 90 valence electrons. The van der Waals surface area contributed by atoms with E-state index >= 15 is 0 Å². The Morgan fingerprint density at radius 1 is 1.27 bits per heavy atom. The maximum Gasteiger partial charge on any atom is 0.492 e. The van der Waals surface area contributed by atoms with Crippen LogP contribution in [0.5, 0.6) is 0 Å². The minimum atomic E-state index is -3.96. The first-order chi connectivity index (χ1) is 6.90. The lowest BCUT2D eigenvalue weighted by Gasteiger charge is -2.13. The van der Waals surface area contributed by atoms with E-state index in [2.05, 4.69) is 0 Å². The van der Waals surface area contributed by atoms with Gasteiger partial charge in [-0.1, -0.05) is 13.8 Å². The summed E-state index contributed by atoms with van der Waals surface area (Å²) in [5.41, 5.74) is 0. The number of hydrogen-bond donors (Lipinski definition) is 3. The Hall–Kier alpha value is -0.433. The molecule has 0 aliphatic heterocycles. The first-order valence-electron chi connectivity index (χ1n) is 5.24. The van der Waals surface area contributed by atoms with E-state index in [9.17, 15) is 4.79 Å². The van der Waals surface area contributed by atoms with Crippen LogP contribution in [0.1, 0.15) is 33.1 Å². The SMILES string of the molecule is CCC(CC)C(=O)OCCC[Si](O)(O)O. The van der Waals surface area contributed by atoms with Crippen LogP contribution in [0.2, 0.25) is 6.04 Å². The first-order valence-corrected chi connectivity index (χ1v) is 7.29. The Labute approximate surface area is 91.1 Å². The quantitative estimate of drug-likeness (QED) is 0.335. The Kier molecular flexibility index (Phi) is 6.74. The van der Waals surface area contributed by atoms with Crippen LogP contribution in [-0.4, -0.2) is 35.8 Å². The van der Waals surface area contributed by atoms with Crippen molar-refractivity contribution >= 4 is 14.8 Å². The summed E-state index contributed by atoms with van der Waals surface area (Å²) in [5.74, 6) is -0.328. The van der Waals surface area contributed by atoms with Crippen molar-refractivity contribution in [1.82, 2.24) is 0 Å². The molecule has 0 spiro atoms. The smallest absolute Gasteiger partial charge is 0.465 e. The number of esters is 1. The molecule has 0 saturated carbocycles. The maximum atomic E-state index is 11.3. The lowest BCUT2D eigenvalue weighted by molar-refractivity contribution is -0.148. The van der Waals surface area contributed by atoms with Crippen LogP contribution in [0.3, 0.4) is 0 Å². The molecule has 5 nitrogen and oxygen atoms in total. The molecule has 0 aromatic rings. The van der Waals surface area contributed by atoms with Gasteiger partial charge in [0.2, 0.25) is 0 Å². The van der Waals surface area contributed by atoms with Crippen LogP contribution in [0.4, 0.5) is 0 Å². The monoisotopic (exact) mass is 236 g/mol. The van der Waals surface area contributed by atoms with E-state index in [4.69, 9.17) is 19.1 Å². The van der Waals surface area contributed by atoms with Crippen molar-refractivity contribution in [2.45, 2.75) is 39.2 Å². The van der Waals surface area contributed by atoms with Crippen molar-refractivity contribution in [3.8, 4) is 0 Å². The van der Waals surface area contributed by atoms with Crippen LogP contribution in [0.25, 0.3) is 0 Å². The topological polar surface area (TPSA) is 87.0 Å². The molecule has 0 aromatic heterocycles. The molecule has 0 aliphatic rings. The summed E-state index contributed by atoms with van der Waals surface area (Å²) in [7, 11) is -3.96. The van der Waals surface area contributed by atoms with Gasteiger partial charge in [-0.2, -0.15) is 0 Å². The molecule has 0 saturated heterocycles. The summed E-state index contributed by atoms with van der Waals surface area (Å²) < 4.78 is 4.93. The first kappa shape index (κ1) is 14.6. The average Bonchev–Trinajstić information content (AvgIpc) is 2.13. The van der Waals surface area contributed by atoms with Crippen molar-refractivity contribution < 1.29 is 23.9 Å². The zero-order valence-corrected chi connectivity index (χ0v) is 10.3. The van der Waals surface area contributed by atoms with E-state index in [-0.39, 0.29) is 31.0 Å². The maximum absolute atomic E-state index is 11.3.